The highest BCUT2D eigenvalue weighted by Gasteiger charge is 2.33. The summed E-state index contributed by atoms with van der Waals surface area (Å²) in [5, 5.41) is 0. The predicted molar refractivity (Wildman–Crippen MR) is 69.7 cm³/mol. The molecule has 0 nitrogen and oxygen atoms in total. The first-order chi connectivity index (χ1) is 6.92. The summed E-state index contributed by atoms with van der Waals surface area (Å²) in [6.45, 7) is 6.64. The van der Waals surface area contributed by atoms with Crippen LogP contribution >= 0.6 is 12.6 Å². The standard InChI is InChI=1S/C14H20S/c1-13(2,15)11-5-7-12(8-6-11)14(3)9-4-10-14/h5-8,15H,4,9-10H2,1-3H3. The fourth-order valence-electron chi connectivity index (χ4n) is 2.28. The van der Waals surface area contributed by atoms with E-state index in [-0.39, 0.29) is 4.75 Å². The van der Waals surface area contributed by atoms with E-state index in [0.29, 0.717) is 5.41 Å². The van der Waals surface area contributed by atoms with Crippen molar-refractivity contribution in [2.24, 2.45) is 0 Å². The van der Waals surface area contributed by atoms with Crippen LogP contribution in [0.15, 0.2) is 24.3 Å². The molecule has 15 heavy (non-hydrogen) atoms. The molecule has 0 radical (unpaired) electrons. The first kappa shape index (κ1) is 11.1. The van der Waals surface area contributed by atoms with E-state index in [9.17, 15) is 0 Å². The Balaban J connectivity index is 2.24. The van der Waals surface area contributed by atoms with Crippen molar-refractivity contribution < 1.29 is 0 Å². The summed E-state index contributed by atoms with van der Waals surface area (Å²) in [6.07, 6.45) is 4.07. The van der Waals surface area contributed by atoms with E-state index >= 15 is 0 Å². The summed E-state index contributed by atoms with van der Waals surface area (Å²) in [4.78, 5) is 0. The van der Waals surface area contributed by atoms with Crippen LogP contribution in [0.5, 0.6) is 0 Å². The molecule has 0 N–H and O–H groups in total. The van der Waals surface area contributed by atoms with Gasteiger partial charge in [0.2, 0.25) is 0 Å². The maximum atomic E-state index is 4.59. The number of hydrogen-bond donors (Lipinski definition) is 1. The second-order valence-corrected chi connectivity index (χ2v) is 6.67. The van der Waals surface area contributed by atoms with E-state index in [2.05, 4.69) is 57.7 Å². The van der Waals surface area contributed by atoms with E-state index in [1.54, 1.807) is 0 Å². The normalized spacial score (nSPS) is 19.7. The highest BCUT2D eigenvalue weighted by molar-refractivity contribution is 7.81. The van der Waals surface area contributed by atoms with E-state index in [1.807, 2.05) is 0 Å². The summed E-state index contributed by atoms with van der Waals surface area (Å²) in [5.74, 6) is 0. The van der Waals surface area contributed by atoms with Gasteiger partial charge >= 0.3 is 0 Å². The van der Waals surface area contributed by atoms with Gasteiger partial charge in [-0.3, -0.25) is 0 Å². The van der Waals surface area contributed by atoms with Gasteiger partial charge in [-0.05, 0) is 43.2 Å². The molecule has 0 spiro atoms. The number of benzene rings is 1. The van der Waals surface area contributed by atoms with Gasteiger partial charge in [-0.1, -0.05) is 37.6 Å². The van der Waals surface area contributed by atoms with Gasteiger partial charge in [0, 0.05) is 4.75 Å². The molecule has 0 heterocycles. The summed E-state index contributed by atoms with van der Waals surface area (Å²) in [6, 6.07) is 9.02. The Morgan fingerprint density at radius 1 is 1.13 bits per heavy atom. The Morgan fingerprint density at radius 3 is 2.00 bits per heavy atom. The molecule has 0 atom stereocenters. The number of thiol groups is 1. The van der Waals surface area contributed by atoms with Gasteiger partial charge in [-0.2, -0.15) is 12.6 Å². The topological polar surface area (TPSA) is 0 Å². The smallest absolute Gasteiger partial charge is 0.0322 e. The van der Waals surface area contributed by atoms with Crippen molar-refractivity contribution >= 4 is 12.6 Å². The lowest BCUT2D eigenvalue weighted by Gasteiger charge is -2.39. The average molecular weight is 220 g/mol. The molecule has 0 aliphatic heterocycles. The van der Waals surface area contributed by atoms with Crippen molar-refractivity contribution in [3.05, 3.63) is 35.4 Å². The van der Waals surface area contributed by atoms with Crippen LogP contribution in [-0.2, 0) is 10.2 Å². The van der Waals surface area contributed by atoms with Gasteiger partial charge in [0.15, 0.2) is 0 Å². The zero-order valence-electron chi connectivity index (χ0n) is 9.88. The van der Waals surface area contributed by atoms with Crippen molar-refractivity contribution in [3.8, 4) is 0 Å². The molecule has 1 saturated carbocycles. The van der Waals surface area contributed by atoms with Crippen molar-refractivity contribution in [2.45, 2.75) is 50.2 Å². The number of hydrogen-bond acceptors (Lipinski definition) is 1. The molecule has 1 fully saturated rings. The molecule has 1 aromatic rings. The molecule has 0 aromatic heterocycles. The van der Waals surface area contributed by atoms with Crippen molar-refractivity contribution in [2.75, 3.05) is 0 Å². The predicted octanol–water partition coefficient (Wildman–Crippen LogP) is 4.29. The molecule has 1 heteroatoms. The number of rotatable bonds is 2. The zero-order chi connectivity index (χ0) is 11.1. The van der Waals surface area contributed by atoms with Gasteiger partial charge in [0.05, 0.1) is 0 Å². The summed E-state index contributed by atoms with van der Waals surface area (Å²) in [7, 11) is 0. The van der Waals surface area contributed by atoms with Gasteiger partial charge in [-0.25, -0.2) is 0 Å². The van der Waals surface area contributed by atoms with Crippen LogP contribution in [0, 0.1) is 0 Å². The molecule has 1 aromatic carbocycles. The van der Waals surface area contributed by atoms with Crippen LogP contribution in [-0.4, -0.2) is 0 Å². The lowest BCUT2D eigenvalue weighted by Crippen LogP contribution is -2.30. The SMILES string of the molecule is CC(C)(S)c1ccc(C2(C)CCC2)cc1. The third-order valence-corrected chi connectivity index (χ3v) is 4.00. The zero-order valence-corrected chi connectivity index (χ0v) is 10.8. The lowest BCUT2D eigenvalue weighted by molar-refractivity contribution is 0.272. The third kappa shape index (κ3) is 2.08. The fraction of sp³-hybridized carbons (Fsp3) is 0.571. The van der Waals surface area contributed by atoms with Gasteiger partial charge in [0.1, 0.15) is 0 Å². The minimum atomic E-state index is -0.0287. The maximum Gasteiger partial charge on any atom is 0.0322 e. The van der Waals surface area contributed by atoms with E-state index < -0.39 is 0 Å². The Labute approximate surface area is 98.5 Å². The van der Waals surface area contributed by atoms with E-state index in [0.717, 1.165) is 0 Å². The summed E-state index contributed by atoms with van der Waals surface area (Å²) in [5.41, 5.74) is 3.26. The van der Waals surface area contributed by atoms with Gasteiger partial charge in [0.25, 0.3) is 0 Å². The highest BCUT2D eigenvalue weighted by Crippen LogP contribution is 2.43. The minimum Gasteiger partial charge on any atom is -0.168 e. The molecule has 1 aliphatic rings. The van der Waals surface area contributed by atoms with Crippen LogP contribution in [0.2, 0.25) is 0 Å². The van der Waals surface area contributed by atoms with Crippen molar-refractivity contribution in [1.29, 1.82) is 0 Å². The van der Waals surface area contributed by atoms with E-state index in [1.165, 1.54) is 30.4 Å². The quantitative estimate of drug-likeness (QED) is 0.706. The molecular weight excluding hydrogens is 200 g/mol. The Hall–Kier alpha value is -0.430. The van der Waals surface area contributed by atoms with Crippen LogP contribution in [0.3, 0.4) is 0 Å². The summed E-state index contributed by atoms with van der Waals surface area (Å²) >= 11 is 4.59. The second kappa shape index (κ2) is 3.55. The average Bonchev–Trinajstić information content (AvgIpc) is 2.13. The molecular formula is C14H20S. The van der Waals surface area contributed by atoms with Crippen molar-refractivity contribution in [1.82, 2.24) is 0 Å². The summed E-state index contributed by atoms with van der Waals surface area (Å²) < 4.78 is -0.0287. The van der Waals surface area contributed by atoms with Crippen LogP contribution < -0.4 is 0 Å². The highest BCUT2D eigenvalue weighted by atomic mass is 32.1. The maximum absolute atomic E-state index is 4.59. The molecule has 0 unspecified atom stereocenters. The van der Waals surface area contributed by atoms with Crippen LogP contribution in [0.25, 0.3) is 0 Å². The van der Waals surface area contributed by atoms with Crippen LogP contribution in [0.4, 0.5) is 0 Å². The largest absolute Gasteiger partial charge is 0.168 e. The fourth-order valence-corrected chi connectivity index (χ4v) is 2.43. The molecule has 82 valence electrons. The van der Waals surface area contributed by atoms with Gasteiger partial charge < -0.3 is 0 Å². The Bertz CT molecular complexity index is 339. The van der Waals surface area contributed by atoms with Crippen LogP contribution in [0.1, 0.15) is 51.2 Å². The third-order valence-electron chi connectivity index (χ3n) is 3.75. The lowest BCUT2D eigenvalue weighted by atomic mass is 9.66. The first-order valence-corrected chi connectivity index (χ1v) is 6.20. The first-order valence-electron chi connectivity index (χ1n) is 5.75. The molecule has 0 bridgehead atoms. The molecule has 0 saturated heterocycles. The van der Waals surface area contributed by atoms with Gasteiger partial charge in [-0.15, -0.1) is 0 Å². The Kier molecular flexibility index (Phi) is 2.62. The second-order valence-electron chi connectivity index (χ2n) is 5.55. The molecule has 2 rings (SSSR count). The molecule has 1 aliphatic carbocycles. The Morgan fingerprint density at radius 2 is 1.67 bits per heavy atom. The molecule has 0 amide bonds. The minimum absolute atomic E-state index is 0.0287. The monoisotopic (exact) mass is 220 g/mol. The van der Waals surface area contributed by atoms with E-state index in [4.69, 9.17) is 0 Å². The van der Waals surface area contributed by atoms with Crippen molar-refractivity contribution in [3.63, 3.8) is 0 Å².